The van der Waals surface area contributed by atoms with Gasteiger partial charge in [-0.1, -0.05) is 66.6 Å². The lowest BCUT2D eigenvalue weighted by Gasteiger charge is -2.20. The van der Waals surface area contributed by atoms with Gasteiger partial charge in [-0.15, -0.1) is 0 Å². The zero-order valence-corrected chi connectivity index (χ0v) is 13.5. The summed E-state index contributed by atoms with van der Waals surface area (Å²) in [5, 5.41) is 3.71. The van der Waals surface area contributed by atoms with Gasteiger partial charge in [0.05, 0.1) is 0 Å². The van der Waals surface area contributed by atoms with Crippen molar-refractivity contribution in [1.82, 2.24) is 5.32 Å². The van der Waals surface area contributed by atoms with Crippen molar-refractivity contribution < 1.29 is 0 Å². The Hall–Kier alpha value is -1.60. The Labute approximate surface area is 129 Å². The third-order valence-corrected chi connectivity index (χ3v) is 3.85. The van der Waals surface area contributed by atoms with Gasteiger partial charge < -0.3 is 5.32 Å². The monoisotopic (exact) mass is 281 g/mol. The molecule has 1 nitrogen and oxygen atoms in total. The van der Waals surface area contributed by atoms with Crippen LogP contribution < -0.4 is 5.32 Å². The van der Waals surface area contributed by atoms with Gasteiger partial charge in [-0.05, 0) is 50.8 Å². The Kier molecular flexibility index (Phi) is 6.01. The van der Waals surface area contributed by atoms with Crippen LogP contribution in [0.25, 0.3) is 0 Å². The highest BCUT2D eigenvalue weighted by Crippen LogP contribution is 2.22. The van der Waals surface area contributed by atoms with Crippen molar-refractivity contribution in [3.05, 3.63) is 70.8 Å². The minimum absolute atomic E-state index is 0.448. The fourth-order valence-corrected chi connectivity index (χ4v) is 2.87. The summed E-state index contributed by atoms with van der Waals surface area (Å²) in [5.74, 6) is 0. The van der Waals surface area contributed by atoms with E-state index < -0.39 is 0 Å². The normalized spacial score (nSPS) is 12.3. The number of hydrogen-bond donors (Lipinski definition) is 1. The van der Waals surface area contributed by atoms with Crippen LogP contribution >= 0.6 is 0 Å². The van der Waals surface area contributed by atoms with Gasteiger partial charge in [-0.2, -0.15) is 0 Å². The Morgan fingerprint density at radius 2 is 1.62 bits per heavy atom. The van der Waals surface area contributed by atoms with Crippen LogP contribution in [0.1, 0.15) is 48.1 Å². The summed E-state index contributed by atoms with van der Waals surface area (Å²) >= 11 is 0. The van der Waals surface area contributed by atoms with Gasteiger partial charge in [-0.25, -0.2) is 0 Å². The van der Waals surface area contributed by atoms with Gasteiger partial charge in [0.2, 0.25) is 0 Å². The van der Waals surface area contributed by atoms with Crippen molar-refractivity contribution in [1.29, 1.82) is 0 Å². The van der Waals surface area contributed by atoms with Gasteiger partial charge >= 0.3 is 0 Å². The molecule has 1 heteroatoms. The summed E-state index contributed by atoms with van der Waals surface area (Å²) in [6, 6.07) is 18.1. The van der Waals surface area contributed by atoms with Crippen molar-refractivity contribution in [3.8, 4) is 0 Å². The van der Waals surface area contributed by atoms with E-state index in [1.165, 1.54) is 28.7 Å². The molecule has 0 aliphatic carbocycles. The fourth-order valence-electron chi connectivity index (χ4n) is 2.87. The number of benzene rings is 2. The van der Waals surface area contributed by atoms with E-state index >= 15 is 0 Å². The van der Waals surface area contributed by atoms with Gasteiger partial charge in [-0.3, -0.25) is 0 Å². The van der Waals surface area contributed by atoms with E-state index in [0.29, 0.717) is 6.04 Å². The van der Waals surface area contributed by atoms with Crippen LogP contribution in [0.5, 0.6) is 0 Å². The molecule has 0 aliphatic heterocycles. The minimum atomic E-state index is 0.448. The number of hydrogen-bond acceptors (Lipinski definition) is 1. The highest BCUT2D eigenvalue weighted by atomic mass is 14.9. The van der Waals surface area contributed by atoms with Crippen molar-refractivity contribution in [2.24, 2.45) is 0 Å². The third kappa shape index (κ3) is 5.02. The average Bonchev–Trinajstić information content (AvgIpc) is 2.47. The van der Waals surface area contributed by atoms with E-state index in [-0.39, 0.29) is 0 Å². The molecule has 0 amide bonds. The standard InChI is InChI=1S/C20H27N/c1-4-12-21-20(11-10-18-8-6-5-7-9-18)19-14-16(2)13-17(3)15-19/h5-9,13-15,20-21H,4,10-12H2,1-3H3. The van der Waals surface area contributed by atoms with Crippen LogP contribution in [0, 0.1) is 13.8 Å². The second-order valence-corrected chi connectivity index (χ2v) is 5.95. The quantitative estimate of drug-likeness (QED) is 0.755. The van der Waals surface area contributed by atoms with Crippen molar-refractivity contribution in [3.63, 3.8) is 0 Å². The van der Waals surface area contributed by atoms with E-state index in [9.17, 15) is 0 Å². The van der Waals surface area contributed by atoms with Crippen LogP contribution in [0.4, 0.5) is 0 Å². The molecule has 0 saturated heterocycles. The predicted molar refractivity (Wildman–Crippen MR) is 91.7 cm³/mol. The molecule has 0 heterocycles. The van der Waals surface area contributed by atoms with Gasteiger partial charge in [0.25, 0.3) is 0 Å². The SMILES string of the molecule is CCCNC(CCc1ccccc1)c1cc(C)cc(C)c1. The zero-order chi connectivity index (χ0) is 15.1. The maximum Gasteiger partial charge on any atom is 0.0323 e. The van der Waals surface area contributed by atoms with Crippen molar-refractivity contribution >= 4 is 0 Å². The molecule has 0 aromatic heterocycles. The fraction of sp³-hybridized carbons (Fsp3) is 0.400. The van der Waals surface area contributed by atoms with Gasteiger partial charge in [0.15, 0.2) is 0 Å². The van der Waals surface area contributed by atoms with Crippen LogP contribution in [0.15, 0.2) is 48.5 Å². The molecule has 21 heavy (non-hydrogen) atoms. The number of nitrogens with one attached hydrogen (secondary N) is 1. The topological polar surface area (TPSA) is 12.0 Å². The zero-order valence-electron chi connectivity index (χ0n) is 13.5. The second-order valence-electron chi connectivity index (χ2n) is 5.95. The van der Waals surface area contributed by atoms with E-state index in [4.69, 9.17) is 0 Å². The first-order valence-electron chi connectivity index (χ1n) is 8.04. The first-order valence-corrected chi connectivity index (χ1v) is 8.04. The molecular formula is C20H27N. The average molecular weight is 281 g/mol. The predicted octanol–water partition coefficient (Wildman–Crippen LogP) is 4.98. The second kappa shape index (κ2) is 7.99. The lowest BCUT2D eigenvalue weighted by Crippen LogP contribution is -2.23. The summed E-state index contributed by atoms with van der Waals surface area (Å²) in [6.07, 6.45) is 3.44. The molecule has 0 bridgehead atoms. The van der Waals surface area contributed by atoms with E-state index in [1.54, 1.807) is 0 Å². The Morgan fingerprint density at radius 1 is 0.952 bits per heavy atom. The van der Waals surface area contributed by atoms with Crippen LogP contribution in [0.2, 0.25) is 0 Å². The van der Waals surface area contributed by atoms with E-state index in [1.807, 2.05) is 0 Å². The molecule has 1 N–H and O–H groups in total. The van der Waals surface area contributed by atoms with Gasteiger partial charge in [0.1, 0.15) is 0 Å². The highest BCUT2D eigenvalue weighted by Gasteiger charge is 2.11. The maximum absolute atomic E-state index is 3.71. The summed E-state index contributed by atoms with van der Waals surface area (Å²) < 4.78 is 0. The van der Waals surface area contributed by atoms with Crippen LogP contribution in [-0.4, -0.2) is 6.54 Å². The largest absolute Gasteiger partial charge is 0.310 e. The first kappa shape index (κ1) is 15.8. The maximum atomic E-state index is 3.71. The molecule has 0 saturated carbocycles. The molecule has 2 aromatic rings. The number of aryl methyl sites for hydroxylation is 3. The first-order chi connectivity index (χ1) is 10.2. The van der Waals surface area contributed by atoms with Crippen molar-refractivity contribution in [2.75, 3.05) is 6.54 Å². The molecule has 112 valence electrons. The summed E-state index contributed by atoms with van der Waals surface area (Å²) in [6.45, 7) is 7.67. The Balaban J connectivity index is 2.10. The molecular weight excluding hydrogens is 254 g/mol. The molecule has 0 fully saturated rings. The Morgan fingerprint density at radius 3 is 2.24 bits per heavy atom. The summed E-state index contributed by atoms with van der Waals surface area (Å²) in [7, 11) is 0. The number of rotatable bonds is 7. The van der Waals surface area contributed by atoms with Gasteiger partial charge in [0, 0.05) is 6.04 Å². The smallest absolute Gasteiger partial charge is 0.0323 e. The van der Waals surface area contributed by atoms with Crippen molar-refractivity contribution in [2.45, 2.75) is 46.1 Å². The summed E-state index contributed by atoms with van der Waals surface area (Å²) in [4.78, 5) is 0. The van der Waals surface area contributed by atoms with Crippen LogP contribution in [0.3, 0.4) is 0 Å². The molecule has 2 aromatic carbocycles. The van der Waals surface area contributed by atoms with Crippen LogP contribution in [-0.2, 0) is 6.42 Å². The minimum Gasteiger partial charge on any atom is -0.310 e. The lowest BCUT2D eigenvalue weighted by molar-refractivity contribution is 0.499. The molecule has 0 spiro atoms. The van der Waals surface area contributed by atoms with E-state index in [0.717, 1.165) is 19.4 Å². The molecule has 0 radical (unpaired) electrons. The molecule has 1 unspecified atom stereocenters. The summed E-state index contributed by atoms with van der Waals surface area (Å²) in [5.41, 5.74) is 5.56. The molecule has 1 atom stereocenters. The third-order valence-electron chi connectivity index (χ3n) is 3.85. The lowest BCUT2D eigenvalue weighted by atomic mass is 9.96. The highest BCUT2D eigenvalue weighted by molar-refractivity contribution is 5.31. The molecule has 0 aliphatic rings. The Bertz CT molecular complexity index is 525. The molecule has 2 rings (SSSR count). The van der Waals surface area contributed by atoms with E-state index in [2.05, 4.69) is 74.6 Å².